The van der Waals surface area contributed by atoms with Crippen LogP contribution in [-0.2, 0) is 4.79 Å². The Balaban J connectivity index is 1.54. The zero-order valence-electron chi connectivity index (χ0n) is 22.5. The molecule has 2 N–H and O–H groups in total. The zero-order chi connectivity index (χ0) is 26.2. The minimum Gasteiger partial charge on any atom is -0.484 e. The number of ether oxygens (including phenoxy) is 1. The number of hydrogen-bond acceptors (Lipinski definition) is 7. The van der Waals surface area contributed by atoms with Crippen LogP contribution in [0.25, 0.3) is 33.0 Å². The number of rotatable bonds is 14. The van der Waals surface area contributed by atoms with Gasteiger partial charge in [-0.05, 0) is 50.4 Å². The average molecular weight is 506 g/mol. The molecule has 4 aromatic rings. The summed E-state index contributed by atoms with van der Waals surface area (Å²) >= 11 is 0. The van der Waals surface area contributed by atoms with E-state index in [1.54, 1.807) is 0 Å². The monoisotopic (exact) mass is 505 g/mol. The number of benzene rings is 2. The Bertz CT molecular complexity index is 1330. The fourth-order valence-electron chi connectivity index (χ4n) is 4.61. The smallest absolute Gasteiger partial charge is 0.257 e. The van der Waals surface area contributed by atoms with Crippen molar-refractivity contribution in [3.8, 4) is 5.75 Å². The van der Waals surface area contributed by atoms with Gasteiger partial charge in [-0.25, -0.2) is 4.98 Å². The van der Waals surface area contributed by atoms with Gasteiger partial charge in [-0.2, -0.15) is 0 Å². The van der Waals surface area contributed by atoms with E-state index in [0.717, 1.165) is 84.5 Å². The fraction of sp³-hybridized carbons (Fsp3) is 0.448. The van der Waals surface area contributed by atoms with Crippen molar-refractivity contribution in [2.75, 3.05) is 64.3 Å². The van der Waals surface area contributed by atoms with Crippen LogP contribution >= 0.6 is 0 Å². The minimum atomic E-state index is -0.131. The number of nitrogens with one attached hydrogen (secondary N) is 2. The van der Waals surface area contributed by atoms with Gasteiger partial charge < -0.3 is 29.6 Å². The number of anilines is 1. The van der Waals surface area contributed by atoms with Gasteiger partial charge in [0.25, 0.3) is 5.91 Å². The summed E-state index contributed by atoms with van der Waals surface area (Å²) in [5.41, 5.74) is 4.12. The molecule has 2 aromatic carbocycles. The summed E-state index contributed by atoms with van der Waals surface area (Å²) in [5, 5.41) is 8.45. The molecule has 0 atom stereocenters. The molecule has 0 saturated heterocycles. The van der Waals surface area contributed by atoms with Gasteiger partial charge >= 0.3 is 0 Å². The number of amides is 1. The number of para-hydroxylation sites is 1. The second kappa shape index (κ2) is 12.7. The molecule has 1 amide bonds. The van der Waals surface area contributed by atoms with Crippen molar-refractivity contribution < 1.29 is 13.9 Å². The Hall–Kier alpha value is -3.36. The number of pyridine rings is 1. The summed E-state index contributed by atoms with van der Waals surface area (Å²) in [4.78, 5) is 21.9. The van der Waals surface area contributed by atoms with E-state index < -0.39 is 0 Å². The highest BCUT2D eigenvalue weighted by Crippen LogP contribution is 2.38. The van der Waals surface area contributed by atoms with Crippen LogP contribution in [0.4, 0.5) is 5.69 Å². The number of aromatic nitrogens is 1. The number of likely N-dealkylation sites (N-methyl/N-ethyl adjacent to an activating group) is 2. The van der Waals surface area contributed by atoms with Gasteiger partial charge in [0, 0.05) is 31.6 Å². The Morgan fingerprint density at radius 3 is 2.35 bits per heavy atom. The second-order valence-corrected chi connectivity index (χ2v) is 9.06. The van der Waals surface area contributed by atoms with Crippen molar-refractivity contribution in [2.45, 2.75) is 27.7 Å². The van der Waals surface area contributed by atoms with E-state index in [9.17, 15) is 4.79 Å². The third-order valence-electron chi connectivity index (χ3n) is 6.90. The molecular weight excluding hydrogens is 466 g/mol. The third-order valence-corrected chi connectivity index (χ3v) is 6.90. The van der Waals surface area contributed by atoms with E-state index in [1.165, 1.54) is 0 Å². The van der Waals surface area contributed by atoms with Crippen LogP contribution in [-0.4, -0.2) is 79.7 Å². The average Bonchev–Trinajstić information content (AvgIpc) is 3.29. The molecule has 0 radical (unpaired) electrons. The van der Waals surface area contributed by atoms with Crippen LogP contribution in [0.1, 0.15) is 27.7 Å². The Labute approximate surface area is 218 Å². The molecule has 0 unspecified atom stereocenters. The molecule has 0 aliphatic carbocycles. The van der Waals surface area contributed by atoms with Crippen LogP contribution in [0.15, 0.2) is 46.9 Å². The minimum absolute atomic E-state index is 0.0337. The lowest BCUT2D eigenvalue weighted by Gasteiger charge is -2.19. The van der Waals surface area contributed by atoms with Gasteiger partial charge in [0.05, 0.1) is 16.6 Å². The predicted octanol–water partition coefficient (Wildman–Crippen LogP) is 4.72. The maximum absolute atomic E-state index is 12.3. The lowest BCUT2D eigenvalue weighted by Crippen LogP contribution is -2.36. The van der Waals surface area contributed by atoms with Gasteiger partial charge in [0.1, 0.15) is 16.8 Å². The lowest BCUT2D eigenvalue weighted by atomic mass is 10.1. The first-order valence-electron chi connectivity index (χ1n) is 13.4. The van der Waals surface area contributed by atoms with E-state index in [0.29, 0.717) is 12.3 Å². The molecular formula is C29H39N5O3. The van der Waals surface area contributed by atoms with Crippen molar-refractivity contribution in [3.05, 3.63) is 42.5 Å². The molecule has 8 nitrogen and oxygen atoms in total. The number of hydrogen-bond donors (Lipinski definition) is 2. The number of furan rings is 1. The summed E-state index contributed by atoms with van der Waals surface area (Å²) in [6.07, 6.45) is 0. The molecule has 0 spiro atoms. The van der Waals surface area contributed by atoms with Crippen molar-refractivity contribution >= 4 is 44.6 Å². The van der Waals surface area contributed by atoms with Crippen LogP contribution in [0.3, 0.4) is 0 Å². The van der Waals surface area contributed by atoms with Crippen molar-refractivity contribution in [3.63, 3.8) is 0 Å². The fourth-order valence-corrected chi connectivity index (χ4v) is 4.61. The number of fused-ring (bicyclic) bond motifs is 4. The third kappa shape index (κ3) is 6.32. The molecule has 0 aliphatic rings. The standard InChI is InChI=1S/C29H39N5O3/c1-5-33(6-2)17-15-30-26(35)20-36-21-13-14-25-23(19-21)28-29(37-25)27(31-16-18-34(7-3)8-4)22-11-9-10-12-24(22)32-28/h9-14,19H,5-8,15-18,20H2,1-4H3,(H,30,35)(H,31,32). The van der Waals surface area contributed by atoms with Gasteiger partial charge in [-0.3, -0.25) is 4.79 Å². The Morgan fingerprint density at radius 2 is 1.62 bits per heavy atom. The molecule has 2 aromatic heterocycles. The number of carbonyl (C=O) groups is 1. The maximum Gasteiger partial charge on any atom is 0.257 e. The largest absolute Gasteiger partial charge is 0.484 e. The predicted molar refractivity (Wildman–Crippen MR) is 152 cm³/mol. The molecule has 2 heterocycles. The quantitative estimate of drug-likeness (QED) is 0.256. The molecule has 8 heteroatoms. The molecule has 0 saturated carbocycles. The summed E-state index contributed by atoms with van der Waals surface area (Å²) < 4.78 is 12.1. The molecule has 37 heavy (non-hydrogen) atoms. The van der Waals surface area contributed by atoms with E-state index in [-0.39, 0.29) is 12.5 Å². The van der Waals surface area contributed by atoms with Crippen LogP contribution in [0, 0.1) is 0 Å². The SMILES string of the molecule is CCN(CC)CCNC(=O)COc1ccc2oc3c(NCCN(CC)CC)c4ccccc4nc3c2c1. The Kier molecular flexibility index (Phi) is 9.19. The van der Waals surface area contributed by atoms with Crippen LogP contribution in [0.2, 0.25) is 0 Å². The van der Waals surface area contributed by atoms with Crippen LogP contribution in [0.5, 0.6) is 5.75 Å². The molecule has 0 bridgehead atoms. The highest BCUT2D eigenvalue weighted by molar-refractivity contribution is 6.14. The van der Waals surface area contributed by atoms with Gasteiger partial charge in [0.2, 0.25) is 0 Å². The summed E-state index contributed by atoms with van der Waals surface area (Å²) in [6.45, 7) is 15.7. The molecule has 198 valence electrons. The van der Waals surface area contributed by atoms with E-state index in [1.807, 2.05) is 36.4 Å². The lowest BCUT2D eigenvalue weighted by molar-refractivity contribution is -0.123. The summed E-state index contributed by atoms with van der Waals surface area (Å²) in [6, 6.07) is 13.7. The molecule has 0 aliphatic heterocycles. The van der Waals surface area contributed by atoms with E-state index >= 15 is 0 Å². The second-order valence-electron chi connectivity index (χ2n) is 9.06. The van der Waals surface area contributed by atoms with E-state index in [4.69, 9.17) is 14.1 Å². The summed E-state index contributed by atoms with van der Waals surface area (Å²) in [7, 11) is 0. The number of nitrogens with zero attached hydrogens (tertiary/aromatic N) is 3. The van der Waals surface area contributed by atoms with Gasteiger partial charge in [0.15, 0.2) is 12.2 Å². The summed E-state index contributed by atoms with van der Waals surface area (Å²) in [5.74, 6) is 0.480. The normalized spacial score (nSPS) is 11.7. The molecule has 4 rings (SSSR count). The van der Waals surface area contributed by atoms with Crippen LogP contribution < -0.4 is 15.4 Å². The van der Waals surface area contributed by atoms with E-state index in [2.05, 4.69) is 54.2 Å². The topological polar surface area (TPSA) is 82.9 Å². The number of carbonyl (C=O) groups excluding carboxylic acids is 1. The van der Waals surface area contributed by atoms with Crippen molar-refractivity contribution in [1.29, 1.82) is 0 Å². The van der Waals surface area contributed by atoms with Gasteiger partial charge in [-0.15, -0.1) is 0 Å². The first kappa shape index (κ1) is 26.7. The Morgan fingerprint density at radius 1 is 0.919 bits per heavy atom. The van der Waals surface area contributed by atoms with Crippen molar-refractivity contribution in [1.82, 2.24) is 20.1 Å². The maximum atomic E-state index is 12.3. The van der Waals surface area contributed by atoms with Crippen molar-refractivity contribution in [2.24, 2.45) is 0 Å². The highest BCUT2D eigenvalue weighted by atomic mass is 16.5. The van der Waals surface area contributed by atoms with Gasteiger partial charge in [-0.1, -0.05) is 45.9 Å². The first-order chi connectivity index (χ1) is 18.1. The zero-order valence-corrected chi connectivity index (χ0v) is 22.5. The highest BCUT2D eigenvalue weighted by Gasteiger charge is 2.17. The molecule has 0 fully saturated rings. The first-order valence-corrected chi connectivity index (χ1v) is 13.4.